The lowest BCUT2D eigenvalue weighted by Gasteiger charge is -2.12. The first kappa shape index (κ1) is 16.9. The fraction of sp³-hybridized carbons (Fsp3) is 0.158. The molecule has 0 amide bonds. The standard InChI is InChI=1S/C19H19FN4O/c20-15-9-4-5-10-16(15)22-18-13-17(14-7-2-1-3-8-14)23-19(24-18)21-11-6-12-25/h1-5,7-10,13,25H,6,11-12H2,(H2,21,22,23,24). The molecule has 25 heavy (non-hydrogen) atoms. The number of rotatable bonds is 7. The molecule has 0 unspecified atom stereocenters. The Bertz CT molecular complexity index is 827. The van der Waals surface area contributed by atoms with Crippen LogP contribution >= 0.6 is 0 Å². The Hall–Kier alpha value is -2.99. The van der Waals surface area contributed by atoms with Gasteiger partial charge in [0.25, 0.3) is 0 Å². The van der Waals surface area contributed by atoms with Gasteiger partial charge in [0.05, 0.1) is 11.4 Å². The molecule has 0 aliphatic heterocycles. The number of aromatic nitrogens is 2. The molecule has 1 aromatic heterocycles. The van der Waals surface area contributed by atoms with E-state index in [9.17, 15) is 4.39 Å². The number of anilines is 3. The fourth-order valence-corrected chi connectivity index (χ4v) is 2.33. The highest BCUT2D eigenvalue weighted by molar-refractivity contribution is 5.67. The molecule has 3 aromatic rings. The third kappa shape index (κ3) is 4.51. The first-order valence-electron chi connectivity index (χ1n) is 8.07. The van der Waals surface area contributed by atoms with E-state index in [4.69, 9.17) is 5.11 Å². The summed E-state index contributed by atoms with van der Waals surface area (Å²) in [5.41, 5.74) is 2.01. The molecule has 128 valence electrons. The summed E-state index contributed by atoms with van der Waals surface area (Å²) in [4.78, 5) is 8.89. The van der Waals surface area contributed by atoms with Crippen molar-refractivity contribution < 1.29 is 9.50 Å². The molecule has 0 saturated heterocycles. The quantitative estimate of drug-likeness (QED) is 0.571. The largest absolute Gasteiger partial charge is 0.396 e. The van der Waals surface area contributed by atoms with Crippen molar-refractivity contribution in [3.05, 3.63) is 66.5 Å². The van der Waals surface area contributed by atoms with E-state index in [0.29, 0.717) is 30.4 Å². The maximum Gasteiger partial charge on any atom is 0.225 e. The first-order chi connectivity index (χ1) is 12.3. The van der Waals surface area contributed by atoms with Gasteiger partial charge in [-0.1, -0.05) is 42.5 Å². The average Bonchev–Trinajstić information content (AvgIpc) is 2.64. The lowest BCUT2D eigenvalue weighted by Crippen LogP contribution is -2.09. The molecule has 6 heteroatoms. The fourth-order valence-electron chi connectivity index (χ4n) is 2.33. The Kier molecular flexibility index (Phi) is 5.53. The van der Waals surface area contributed by atoms with Crippen molar-refractivity contribution in [3.8, 4) is 11.3 Å². The van der Waals surface area contributed by atoms with Gasteiger partial charge in [0, 0.05) is 24.8 Å². The van der Waals surface area contributed by atoms with Gasteiger partial charge >= 0.3 is 0 Å². The highest BCUT2D eigenvalue weighted by Crippen LogP contribution is 2.24. The molecule has 0 radical (unpaired) electrons. The minimum Gasteiger partial charge on any atom is -0.396 e. The molecule has 0 aliphatic rings. The molecule has 2 aromatic carbocycles. The zero-order valence-corrected chi connectivity index (χ0v) is 13.6. The summed E-state index contributed by atoms with van der Waals surface area (Å²) in [7, 11) is 0. The minimum absolute atomic E-state index is 0.0890. The van der Waals surface area contributed by atoms with Crippen molar-refractivity contribution in [1.82, 2.24) is 9.97 Å². The summed E-state index contributed by atoms with van der Waals surface area (Å²) < 4.78 is 13.9. The monoisotopic (exact) mass is 338 g/mol. The number of benzene rings is 2. The summed E-state index contributed by atoms with van der Waals surface area (Å²) in [6.07, 6.45) is 0.592. The smallest absolute Gasteiger partial charge is 0.225 e. The molecule has 0 saturated carbocycles. The number of nitrogens with zero attached hydrogens (tertiary/aromatic N) is 2. The maximum absolute atomic E-state index is 13.9. The van der Waals surface area contributed by atoms with Crippen LogP contribution in [0.1, 0.15) is 6.42 Å². The zero-order valence-electron chi connectivity index (χ0n) is 13.6. The summed E-state index contributed by atoms with van der Waals surface area (Å²) in [6, 6.07) is 17.9. The second-order valence-electron chi connectivity index (χ2n) is 5.44. The maximum atomic E-state index is 13.9. The molecule has 5 nitrogen and oxygen atoms in total. The van der Waals surface area contributed by atoms with Crippen molar-refractivity contribution in [3.63, 3.8) is 0 Å². The number of aliphatic hydroxyl groups excluding tert-OH is 1. The van der Waals surface area contributed by atoms with Crippen LogP contribution in [0.15, 0.2) is 60.7 Å². The molecule has 3 rings (SSSR count). The van der Waals surface area contributed by atoms with Gasteiger partial charge in [-0.3, -0.25) is 0 Å². The van der Waals surface area contributed by atoms with Gasteiger partial charge in [-0.25, -0.2) is 9.37 Å². The van der Waals surface area contributed by atoms with Gasteiger partial charge in [-0.2, -0.15) is 4.98 Å². The Morgan fingerprint density at radius 3 is 2.48 bits per heavy atom. The molecule has 1 heterocycles. The van der Waals surface area contributed by atoms with Crippen LogP contribution in [0.4, 0.5) is 21.8 Å². The highest BCUT2D eigenvalue weighted by Gasteiger charge is 2.08. The van der Waals surface area contributed by atoms with E-state index < -0.39 is 0 Å². The third-order valence-electron chi connectivity index (χ3n) is 3.55. The van der Waals surface area contributed by atoms with E-state index in [2.05, 4.69) is 20.6 Å². The molecular weight excluding hydrogens is 319 g/mol. The molecule has 3 N–H and O–H groups in total. The SMILES string of the molecule is OCCCNc1nc(Nc2ccccc2F)cc(-c2ccccc2)n1. The first-order valence-corrected chi connectivity index (χ1v) is 8.07. The van der Waals surface area contributed by atoms with Crippen LogP contribution in [-0.2, 0) is 0 Å². The van der Waals surface area contributed by atoms with E-state index in [1.165, 1.54) is 6.07 Å². The third-order valence-corrected chi connectivity index (χ3v) is 3.55. The molecule has 0 bridgehead atoms. The van der Waals surface area contributed by atoms with Crippen LogP contribution in [0.25, 0.3) is 11.3 Å². The second-order valence-corrected chi connectivity index (χ2v) is 5.44. The second kappa shape index (κ2) is 8.21. The summed E-state index contributed by atoms with van der Waals surface area (Å²) in [6.45, 7) is 0.638. The minimum atomic E-state index is -0.350. The Morgan fingerprint density at radius 2 is 1.72 bits per heavy atom. The van der Waals surface area contributed by atoms with E-state index in [1.54, 1.807) is 24.3 Å². The number of nitrogens with one attached hydrogen (secondary N) is 2. The van der Waals surface area contributed by atoms with Crippen molar-refractivity contribution >= 4 is 17.5 Å². The lowest BCUT2D eigenvalue weighted by atomic mass is 10.1. The van der Waals surface area contributed by atoms with Gasteiger partial charge in [0.1, 0.15) is 11.6 Å². The van der Waals surface area contributed by atoms with Crippen LogP contribution in [0.5, 0.6) is 0 Å². The van der Waals surface area contributed by atoms with Gasteiger partial charge in [-0.15, -0.1) is 0 Å². The lowest BCUT2D eigenvalue weighted by molar-refractivity contribution is 0.292. The van der Waals surface area contributed by atoms with Gasteiger partial charge in [0.15, 0.2) is 0 Å². The van der Waals surface area contributed by atoms with E-state index >= 15 is 0 Å². The normalized spacial score (nSPS) is 10.5. The highest BCUT2D eigenvalue weighted by atomic mass is 19.1. The predicted octanol–water partition coefficient (Wildman–Crippen LogP) is 3.82. The number of para-hydroxylation sites is 1. The van der Waals surface area contributed by atoms with E-state index in [-0.39, 0.29) is 12.4 Å². The Morgan fingerprint density at radius 1 is 0.960 bits per heavy atom. The number of hydrogen-bond donors (Lipinski definition) is 3. The van der Waals surface area contributed by atoms with Gasteiger partial charge in [-0.05, 0) is 18.6 Å². The average molecular weight is 338 g/mol. The molecule has 0 atom stereocenters. The summed E-state index contributed by atoms with van der Waals surface area (Å²) in [5.74, 6) is 0.566. The molecular formula is C19H19FN4O. The van der Waals surface area contributed by atoms with Crippen LogP contribution < -0.4 is 10.6 Å². The van der Waals surface area contributed by atoms with Crippen LogP contribution in [0.2, 0.25) is 0 Å². The summed E-state index contributed by atoms with van der Waals surface area (Å²) >= 11 is 0. The number of aliphatic hydroxyl groups is 1. The molecule has 0 spiro atoms. The van der Waals surface area contributed by atoms with Crippen LogP contribution in [0.3, 0.4) is 0 Å². The van der Waals surface area contributed by atoms with Crippen molar-refractivity contribution in [2.45, 2.75) is 6.42 Å². The molecule has 0 aliphatic carbocycles. The van der Waals surface area contributed by atoms with E-state index in [1.807, 2.05) is 30.3 Å². The van der Waals surface area contributed by atoms with Crippen LogP contribution in [-0.4, -0.2) is 28.2 Å². The van der Waals surface area contributed by atoms with E-state index in [0.717, 1.165) is 11.3 Å². The van der Waals surface area contributed by atoms with Crippen molar-refractivity contribution in [1.29, 1.82) is 0 Å². The topological polar surface area (TPSA) is 70.1 Å². The van der Waals surface area contributed by atoms with Gasteiger partial charge in [0.2, 0.25) is 5.95 Å². The van der Waals surface area contributed by atoms with Crippen molar-refractivity contribution in [2.24, 2.45) is 0 Å². The number of hydrogen-bond acceptors (Lipinski definition) is 5. The Labute approximate surface area is 145 Å². The van der Waals surface area contributed by atoms with Crippen molar-refractivity contribution in [2.75, 3.05) is 23.8 Å². The Balaban J connectivity index is 1.93. The summed E-state index contributed by atoms with van der Waals surface area (Å²) in [5, 5.41) is 15.0. The van der Waals surface area contributed by atoms with Crippen LogP contribution in [0, 0.1) is 5.82 Å². The predicted molar refractivity (Wildman–Crippen MR) is 97.3 cm³/mol. The number of halogens is 1. The van der Waals surface area contributed by atoms with Gasteiger partial charge < -0.3 is 15.7 Å². The zero-order chi connectivity index (χ0) is 17.5. The molecule has 0 fully saturated rings.